The number of esters is 1. The Bertz CT molecular complexity index is 510. The molecular formula is C14H16BrNO3S. The van der Waals surface area contributed by atoms with E-state index in [4.69, 9.17) is 4.74 Å². The Balaban J connectivity index is 2.65. The predicted octanol–water partition coefficient (Wildman–Crippen LogP) is 3.10. The van der Waals surface area contributed by atoms with Crippen molar-refractivity contribution in [2.24, 2.45) is 0 Å². The number of amides is 1. The molecule has 0 N–H and O–H groups in total. The van der Waals surface area contributed by atoms with Crippen LogP contribution >= 0.6 is 27.3 Å². The van der Waals surface area contributed by atoms with Gasteiger partial charge < -0.3 is 9.64 Å². The number of halogens is 1. The molecule has 0 unspecified atom stereocenters. The van der Waals surface area contributed by atoms with Crippen molar-refractivity contribution in [2.45, 2.75) is 6.92 Å². The van der Waals surface area contributed by atoms with E-state index in [1.165, 1.54) is 22.3 Å². The van der Waals surface area contributed by atoms with Crippen LogP contribution in [0, 0.1) is 0 Å². The van der Waals surface area contributed by atoms with Crippen molar-refractivity contribution in [3.63, 3.8) is 0 Å². The highest BCUT2D eigenvalue weighted by Crippen LogP contribution is 2.23. The maximum atomic E-state index is 12.0. The van der Waals surface area contributed by atoms with E-state index in [0.29, 0.717) is 13.2 Å². The van der Waals surface area contributed by atoms with Gasteiger partial charge in [-0.15, -0.1) is 17.9 Å². The highest BCUT2D eigenvalue weighted by molar-refractivity contribution is 9.11. The van der Waals surface area contributed by atoms with Crippen molar-refractivity contribution in [1.29, 1.82) is 0 Å². The lowest BCUT2D eigenvalue weighted by molar-refractivity contribution is -0.147. The fourth-order valence-corrected chi connectivity index (χ4v) is 2.75. The summed E-state index contributed by atoms with van der Waals surface area (Å²) in [5.74, 6) is -0.669. The second-order valence-electron chi connectivity index (χ2n) is 3.79. The number of rotatable bonds is 7. The standard InChI is InChI=1S/C14H16BrNO3S/c1-3-9-16(10-14(18)19-4-2)13(17)8-6-11-5-7-12(15)20-11/h3,5-8H,1,4,9-10H2,2H3/b8-6+. The van der Waals surface area contributed by atoms with Crippen LogP contribution in [0.25, 0.3) is 6.08 Å². The van der Waals surface area contributed by atoms with Crippen molar-refractivity contribution in [3.05, 3.63) is 39.5 Å². The Morgan fingerprint density at radius 3 is 2.80 bits per heavy atom. The Morgan fingerprint density at radius 2 is 2.25 bits per heavy atom. The second kappa shape index (κ2) is 8.71. The first-order chi connectivity index (χ1) is 9.56. The average molecular weight is 358 g/mol. The van der Waals surface area contributed by atoms with Crippen LogP contribution < -0.4 is 0 Å². The second-order valence-corrected chi connectivity index (χ2v) is 6.28. The molecule has 0 aromatic carbocycles. The van der Waals surface area contributed by atoms with Crippen molar-refractivity contribution in [2.75, 3.05) is 19.7 Å². The lowest BCUT2D eigenvalue weighted by Crippen LogP contribution is -2.35. The third-order valence-electron chi connectivity index (χ3n) is 2.27. The molecule has 1 heterocycles. The van der Waals surface area contributed by atoms with E-state index in [-0.39, 0.29) is 12.5 Å². The zero-order valence-electron chi connectivity index (χ0n) is 11.2. The smallest absolute Gasteiger partial charge is 0.325 e. The zero-order valence-corrected chi connectivity index (χ0v) is 13.6. The lowest BCUT2D eigenvalue weighted by Gasteiger charge is -2.17. The Morgan fingerprint density at radius 1 is 1.50 bits per heavy atom. The molecule has 0 saturated carbocycles. The number of hydrogen-bond acceptors (Lipinski definition) is 4. The van der Waals surface area contributed by atoms with Crippen molar-refractivity contribution in [1.82, 2.24) is 4.90 Å². The van der Waals surface area contributed by atoms with Gasteiger partial charge in [-0.05, 0) is 41.1 Å². The van der Waals surface area contributed by atoms with E-state index in [1.807, 2.05) is 12.1 Å². The Hall–Kier alpha value is -1.40. The topological polar surface area (TPSA) is 46.6 Å². The third kappa shape index (κ3) is 5.71. The zero-order chi connectivity index (χ0) is 15.0. The first-order valence-electron chi connectivity index (χ1n) is 6.05. The van der Waals surface area contributed by atoms with Gasteiger partial charge in [0.05, 0.1) is 10.4 Å². The number of carbonyl (C=O) groups is 2. The van der Waals surface area contributed by atoms with Crippen LogP contribution in [0.5, 0.6) is 0 Å². The summed E-state index contributed by atoms with van der Waals surface area (Å²) in [4.78, 5) is 25.8. The van der Waals surface area contributed by atoms with E-state index >= 15 is 0 Å². The summed E-state index contributed by atoms with van der Waals surface area (Å²) < 4.78 is 5.84. The highest BCUT2D eigenvalue weighted by atomic mass is 79.9. The van der Waals surface area contributed by atoms with Gasteiger partial charge in [0.15, 0.2) is 0 Å². The maximum Gasteiger partial charge on any atom is 0.325 e. The number of nitrogens with zero attached hydrogens (tertiary/aromatic N) is 1. The van der Waals surface area contributed by atoms with Crippen molar-refractivity contribution >= 4 is 45.2 Å². The lowest BCUT2D eigenvalue weighted by atomic mass is 10.3. The van der Waals surface area contributed by atoms with Gasteiger partial charge in [0.1, 0.15) is 6.54 Å². The SMILES string of the molecule is C=CCN(CC(=O)OCC)C(=O)/C=C/c1ccc(Br)s1. The van der Waals surface area contributed by atoms with Gasteiger partial charge in [-0.1, -0.05) is 6.08 Å². The summed E-state index contributed by atoms with van der Waals surface area (Å²) >= 11 is 4.88. The van der Waals surface area contributed by atoms with Crippen LogP contribution in [0.3, 0.4) is 0 Å². The number of carbonyl (C=O) groups excluding carboxylic acids is 2. The van der Waals surface area contributed by atoms with E-state index in [1.54, 1.807) is 19.1 Å². The molecule has 0 spiro atoms. The summed E-state index contributed by atoms with van der Waals surface area (Å²) in [5.41, 5.74) is 0. The van der Waals surface area contributed by atoms with E-state index in [2.05, 4.69) is 22.5 Å². The molecular weight excluding hydrogens is 342 g/mol. The van der Waals surface area contributed by atoms with Crippen LogP contribution in [0.1, 0.15) is 11.8 Å². The molecule has 0 radical (unpaired) electrons. The molecule has 0 saturated heterocycles. The monoisotopic (exact) mass is 357 g/mol. The first-order valence-corrected chi connectivity index (χ1v) is 7.66. The molecule has 0 aliphatic rings. The van der Waals surface area contributed by atoms with Gasteiger partial charge in [-0.3, -0.25) is 9.59 Å². The summed E-state index contributed by atoms with van der Waals surface area (Å²) in [6, 6.07) is 3.82. The molecule has 1 aromatic heterocycles. The predicted molar refractivity (Wildman–Crippen MR) is 84.5 cm³/mol. The van der Waals surface area contributed by atoms with Crippen LogP contribution in [0.2, 0.25) is 0 Å². The Labute approximate surface area is 130 Å². The van der Waals surface area contributed by atoms with Gasteiger partial charge in [0, 0.05) is 17.5 Å². The number of hydrogen-bond donors (Lipinski definition) is 0. The van der Waals surface area contributed by atoms with Crippen LogP contribution in [-0.4, -0.2) is 36.5 Å². The Kier molecular flexibility index (Phi) is 7.25. The normalized spacial score (nSPS) is 10.5. The van der Waals surface area contributed by atoms with E-state index in [9.17, 15) is 9.59 Å². The molecule has 20 heavy (non-hydrogen) atoms. The number of ether oxygens (including phenoxy) is 1. The van der Waals surface area contributed by atoms with Gasteiger partial charge in [-0.2, -0.15) is 0 Å². The molecule has 6 heteroatoms. The summed E-state index contributed by atoms with van der Waals surface area (Å²) in [6.45, 7) is 5.84. The van der Waals surface area contributed by atoms with Gasteiger partial charge in [0.25, 0.3) is 0 Å². The molecule has 4 nitrogen and oxygen atoms in total. The van der Waals surface area contributed by atoms with Crippen LogP contribution in [0.15, 0.2) is 34.7 Å². The molecule has 0 aliphatic heterocycles. The fourth-order valence-electron chi connectivity index (χ4n) is 1.43. The molecule has 1 amide bonds. The summed E-state index contributed by atoms with van der Waals surface area (Å²) in [7, 11) is 0. The van der Waals surface area contributed by atoms with Gasteiger partial charge >= 0.3 is 5.97 Å². The van der Waals surface area contributed by atoms with Crippen molar-refractivity contribution in [3.8, 4) is 0 Å². The maximum absolute atomic E-state index is 12.0. The molecule has 0 atom stereocenters. The number of thiophene rings is 1. The fraction of sp³-hybridized carbons (Fsp3) is 0.286. The quantitative estimate of drug-likeness (QED) is 0.428. The molecule has 0 fully saturated rings. The van der Waals surface area contributed by atoms with Gasteiger partial charge in [-0.25, -0.2) is 0 Å². The minimum absolute atomic E-state index is 0.0723. The minimum atomic E-state index is -0.421. The third-order valence-corrected chi connectivity index (χ3v) is 3.86. The first kappa shape index (κ1) is 16.7. The average Bonchev–Trinajstić information content (AvgIpc) is 2.81. The van der Waals surface area contributed by atoms with E-state index < -0.39 is 5.97 Å². The highest BCUT2D eigenvalue weighted by Gasteiger charge is 2.14. The van der Waals surface area contributed by atoms with Crippen LogP contribution in [0.4, 0.5) is 0 Å². The molecule has 0 bridgehead atoms. The molecule has 0 aliphatic carbocycles. The largest absolute Gasteiger partial charge is 0.465 e. The molecule has 1 aromatic rings. The van der Waals surface area contributed by atoms with Gasteiger partial charge in [0.2, 0.25) is 5.91 Å². The van der Waals surface area contributed by atoms with E-state index in [0.717, 1.165) is 8.66 Å². The molecule has 108 valence electrons. The van der Waals surface area contributed by atoms with Crippen molar-refractivity contribution < 1.29 is 14.3 Å². The van der Waals surface area contributed by atoms with Crippen LogP contribution in [-0.2, 0) is 14.3 Å². The molecule has 1 rings (SSSR count). The summed E-state index contributed by atoms with van der Waals surface area (Å²) in [6.07, 6.45) is 4.74. The minimum Gasteiger partial charge on any atom is -0.465 e. The summed E-state index contributed by atoms with van der Waals surface area (Å²) in [5, 5.41) is 0.